The average Bonchev–Trinajstić information content (AvgIpc) is 3.35. The molecule has 12 heteroatoms. The van der Waals surface area contributed by atoms with Crippen molar-refractivity contribution in [3.8, 4) is 0 Å². The van der Waals surface area contributed by atoms with Crippen LogP contribution >= 0.6 is 0 Å². The highest BCUT2D eigenvalue weighted by molar-refractivity contribution is 5.74. The van der Waals surface area contributed by atoms with Gasteiger partial charge in [-0.05, 0) is 77.0 Å². The summed E-state index contributed by atoms with van der Waals surface area (Å²) in [6.45, 7) is 5.88. The normalized spacial score (nSPS) is 18.8. The van der Waals surface area contributed by atoms with Crippen molar-refractivity contribution in [2.75, 3.05) is 13.2 Å². The van der Waals surface area contributed by atoms with E-state index in [1.165, 1.54) is 77.0 Å². The maximum absolute atomic E-state index is 13.1. The monoisotopic (exact) mass is 1000 g/mol. The van der Waals surface area contributed by atoms with E-state index in [1.54, 1.807) is 0 Å². The molecule has 71 heavy (non-hydrogen) atoms. The third kappa shape index (κ3) is 38.0. The lowest BCUT2D eigenvalue weighted by atomic mass is 9.98. The summed E-state index contributed by atoms with van der Waals surface area (Å²) < 4.78 is 28.4. The topological polar surface area (TPSA) is 175 Å². The fourth-order valence-electron chi connectivity index (χ4n) is 8.44. The standard InChI is InChI=1S/C59H102O12/c1-4-7-10-13-16-19-22-25-26-29-32-35-38-41-44-47-53(62)70-57-55(64)54(63)56(58(65)66)71-59(57)68-49-50(69-52(61)46-43-40-37-34-31-28-24-21-18-15-12-9-6-3)48-67-51(60)45-42-39-36-33-30-27-23-20-17-14-11-8-5-2/h11,14,16,19-20,23,25-26,50,54-57,59,63-64H,4-10,12-13,15,17-18,21-22,24,27-49H2,1-3H3,(H,65,66)/b14-11-,19-16-,23-20-,26-25-. The van der Waals surface area contributed by atoms with Crippen molar-refractivity contribution in [2.24, 2.45) is 0 Å². The summed E-state index contributed by atoms with van der Waals surface area (Å²) in [5.74, 6) is -3.14. The molecule has 0 aromatic heterocycles. The van der Waals surface area contributed by atoms with Gasteiger partial charge < -0.3 is 39.0 Å². The summed E-state index contributed by atoms with van der Waals surface area (Å²) in [6.07, 6.45) is 43.7. The number of aliphatic hydroxyl groups is 2. The molecule has 1 fully saturated rings. The molecular formula is C59H102O12. The molecular weight excluding hydrogens is 901 g/mol. The first-order valence-electron chi connectivity index (χ1n) is 28.6. The van der Waals surface area contributed by atoms with Crippen molar-refractivity contribution < 1.29 is 58.2 Å². The van der Waals surface area contributed by atoms with Gasteiger partial charge in [0.2, 0.25) is 0 Å². The van der Waals surface area contributed by atoms with Crippen LogP contribution in [0.3, 0.4) is 0 Å². The number of rotatable bonds is 48. The second-order valence-electron chi connectivity index (χ2n) is 19.6. The van der Waals surface area contributed by atoms with E-state index in [0.717, 1.165) is 116 Å². The van der Waals surface area contributed by atoms with Gasteiger partial charge in [0.15, 0.2) is 24.6 Å². The number of carboxylic acids is 1. The van der Waals surface area contributed by atoms with Crippen LogP contribution in [0.1, 0.15) is 252 Å². The SMILES string of the molecule is CCC/C=C\C/C=C\CCCCCCCC(=O)OCC(COC1OC(C(=O)O)C(O)C(O)C1OC(=O)CCCCCCC/C=C\C/C=C\CCCCC)OC(=O)CCCCCCCCCCCCCCC. The summed E-state index contributed by atoms with van der Waals surface area (Å²) in [5.41, 5.74) is 0. The highest BCUT2D eigenvalue weighted by atomic mass is 16.7. The first kappa shape index (κ1) is 65.7. The largest absolute Gasteiger partial charge is 0.479 e. The Labute approximate surface area is 431 Å². The van der Waals surface area contributed by atoms with E-state index in [9.17, 15) is 34.5 Å². The summed E-state index contributed by atoms with van der Waals surface area (Å²) in [7, 11) is 0. The Bertz CT molecular complexity index is 1420. The van der Waals surface area contributed by atoms with Crippen molar-refractivity contribution in [2.45, 2.75) is 289 Å². The third-order valence-corrected chi connectivity index (χ3v) is 12.9. The van der Waals surface area contributed by atoms with Crippen LogP contribution in [0.15, 0.2) is 48.6 Å². The number of ether oxygens (including phenoxy) is 5. The second kappa shape index (κ2) is 47.7. The fraction of sp³-hybridized carbons (Fsp3) is 0.797. The molecule has 410 valence electrons. The van der Waals surface area contributed by atoms with Crippen LogP contribution in [0.4, 0.5) is 0 Å². The summed E-state index contributed by atoms with van der Waals surface area (Å²) in [5, 5.41) is 31.4. The quantitative estimate of drug-likeness (QED) is 0.0228. The smallest absolute Gasteiger partial charge is 0.335 e. The first-order valence-corrected chi connectivity index (χ1v) is 28.6. The molecule has 1 aliphatic heterocycles. The molecule has 0 amide bonds. The minimum Gasteiger partial charge on any atom is -0.479 e. The van der Waals surface area contributed by atoms with Crippen molar-refractivity contribution in [3.63, 3.8) is 0 Å². The summed E-state index contributed by atoms with van der Waals surface area (Å²) >= 11 is 0. The molecule has 6 unspecified atom stereocenters. The number of hydrogen-bond donors (Lipinski definition) is 3. The van der Waals surface area contributed by atoms with E-state index in [-0.39, 0.29) is 25.9 Å². The number of carboxylic acid groups (broad SMARTS) is 1. The average molecular weight is 1000 g/mol. The molecule has 1 rings (SSSR count). The van der Waals surface area contributed by atoms with Crippen LogP contribution < -0.4 is 0 Å². The van der Waals surface area contributed by atoms with Gasteiger partial charge in [-0.1, -0.05) is 204 Å². The minimum absolute atomic E-state index is 0.0445. The predicted octanol–water partition coefficient (Wildman–Crippen LogP) is 14.2. The Morgan fingerprint density at radius 2 is 0.873 bits per heavy atom. The maximum Gasteiger partial charge on any atom is 0.335 e. The van der Waals surface area contributed by atoms with Gasteiger partial charge in [-0.15, -0.1) is 0 Å². The lowest BCUT2D eigenvalue weighted by molar-refractivity contribution is -0.301. The number of hydrogen-bond acceptors (Lipinski definition) is 11. The van der Waals surface area contributed by atoms with E-state index < -0.39 is 67.3 Å². The number of allylic oxidation sites excluding steroid dienone is 8. The molecule has 0 aromatic carbocycles. The first-order chi connectivity index (χ1) is 34.6. The zero-order chi connectivity index (χ0) is 51.8. The van der Waals surface area contributed by atoms with Crippen LogP contribution in [0.25, 0.3) is 0 Å². The lowest BCUT2D eigenvalue weighted by Gasteiger charge is -2.40. The van der Waals surface area contributed by atoms with Crippen LogP contribution in [0.5, 0.6) is 0 Å². The molecule has 0 saturated carbocycles. The number of aliphatic carboxylic acids is 1. The summed E-state index contributed by atoms with van der Waals surface area (Å²) in [4.78, 5) is 51.0. The highest BCUT2D eigenvalue weighted by Gasteiger charge is 2.50. The minimum atomic E-state index is -1.91. The molecule has 0 bridgehead atoms. The second-order valence-corrected chi connectivity index (χ2v) is 19.6. The van der Waals surface area contributed by atoms with Gasteiger partial charge in [0, 0.05) is 19.3 Å². The number of carbonyl (C=O) groups excluding carboxylic acids is 3. The molecule has 12 nitrogen and oxygen atoms in total. The van der Waals surface area contributed by atoms with Crippen LogP contribution in [-0.4, -0.2) is 89.2 Å². The Kier molecular flexibility index (Phi) is 44.1. The van der Waals surface area contributed by atoms with Gasteiger partial charge in [0.05, 0.1) is 6.61 Å². The van der Waals surface area contributed by atoms with E-state index in [1.807, 2.05) is 0 Å². The van der Waals surface area contributed by atoms with Crippen molar-refractivity contribution in [1.82, 2.24) is 0 Å². The highest BCUT2D eigenvalue weighted by Crippen LogP contribution is 2.26. The van der Waals surface area contributed by atoms with Crippen molar-refractivity contribution >= 4 is 23.9 Å². The van der Waals surface area contributed by atoms with Gasteiger partial charge in [0.1, 0.15) is 18.8 Å². The zero-order valence-electron chi connectivity index (χ0n) is 45.0. The van der Waals surface area contributed by atoms with Gasteiger partial charge in [0.25, 0.3) is 0 Å². The van der Waals surface area contributed by atoms with Crippen molar-refractivity contribution in [1.29, 1.82) is 0 Å². The molecule has 1 aliphatic rings. The maximum atomic E-state index is 13.1. The van der Waals surface area contributed by atoms with Gasteiger partial charge >= 0.3 is 23.9 Å². The van der Waals surface area contributed by atoms with Gasteiger partial charge in [-0.25, -0.2) is 4.79 Å². The molecule has 3 N–H and O–H groups in total. The zero-order valence-corrected chi connectivity index (χ0v) is 45.0. The summed E-state index contributed by atoms with van der Waals surface area (Å²) in [6, 6.07) is 0. The van der Waals surface area contributed by atoms with Crippen LogP contribution in [0, 0.1) is 0 Å². The molecule has 1 saturated heterocycles. The lowest BCUT2D eigenvalue weighted by Crippen LogP contribution is -2.61. The van der Waals surface area contributed by atoms with Crippen LogP contribution in [0.2, 0.25) is 0 Å². The number of aliphatic hydroxyl groups excluding tert-OH is 2. The van der Waals surface area contributed by atoms with Crippen LogP contribution in [-0.2, 0) is 42.9 Å². The Balaban J connectivity index is 2.72. The Morgan fingerprint density at radius 3 is 1.35 bits per heavy atom. The number of carbonyl (C=O) groups is 4. The molecule has 0 aliphatic carbocycles. The van der Waals surface area contributed by atoms with E-state index >= 15 is 0 Å². The molecule has 1 heterocycles. The predicted molar refractivity (Wildman–Crippen MR) is 285 cm³/mol. The van der Waals surface area contributed by atoms with E-state index in [4.69, 9.17) is 23.7 Å². The van der Waals surface area contributed by atoms with Gasteiger partial charge in [-0.2, -0.15) is 0 Å². The molecule has 0 aromatic rings. The van der Waals surface area contributed by atoms with Crippen molar-refractivity contribution in [3.05, 3.63) is 48.6 Å². The Hall–Kier alpha value is -3.32. The molecule has 6 atom stereocenters. The molecule has 0 radical (unpaired) electrons. The number of unbranched alkanes of at least 4 members (excludes halogenated alkanes) is 26. The third-order valence-electron chi connectivity index (χ3n) is 12.9. The van der Waals surface area contributed by atoms with Gasteiger partial charge in [-0.3, -0.25) is 14.4 Å². The van der Waals surface area contributed by atoms with E-state index in [2.05, 4.69) is 69.4 Å². The number of esters is 3. The fourth-order valence-corrected chi connectivity index (χ4v) is 8.44. The molecule has 0 spiro atoms. The van der Waals surface area contributed by atoms with E-state index in [0.29, 0.717) is 19.3 Å². The Morgan fingerprint density at radius 1 is 0.465 bits per heavy atom.